The molecule has 0 aliphatic carbocycles. The highest BCUT2D eigenvalue weighted by atomic mass is 16.5. The molecule has 1 fully saturated rings. The van der Waals surface area contributed by atoms with Crippen molar-refractivity contribution >= 4 is 5.82 Å². The fourth-order valence-electron chi connectivity index (χ4n) is 1.43. The largest absolute Gasteiger partial charge is 0.394 e. The lowest BCUT2D eigenvalue weighted by atomic mass is 10.2. The molecule has 4 N–H and O–H groups in total. The normalized spacial score (nSPS) is 22.8. The van der Waals surface area contributed by atoms with E-state index in [1.165, 1.54) is 12.3 Å². The van der Waals surface area contributed by atoms with Gasteiger partial charge in [0.25, 0.3) is 0 Å². The molecule has 2 radical (unpaired) electrons. The second-order valence-corrected chi connectivity index (χ2v) is 3.36. The molecule has 0 unspecified atom stereocenters. The zero-order chi connectivity index (χ0) is 11.7. The lowest BCUT2D eigenvalue weighted by molar-refractivity contribution is 0.0342. The van der Waals surface area contributed by atoms with Gasteiger partial charge in [-0.2, -0.15) is 4.98 Å². The molecule has 0 aromatic carbocycles. The lowest BCUT2D eigenvalue weighted by Crippen LogP contribution is -2.28. The van der Waals surface area contributed by atoms with Crippen LogP contribution in [0.5, 0.6) is 0 Å². The molecule has 0 bridgehead atoms. The molecule has 86 valence electrons. The van der Waals surface area contributed by atoms with Crippen LogP contribution in [-0.4, -0.2) is 32.5 Å². The standard InChI is InChI=1S/C9H11N3O4/c10-7-1-2-12(9(15)11-7)8-3-5(14)6(4-13)16-8/h1-2,6,13-14H,3-4H2,(H2,10,11,15)/t6-/m1/s1. The van der Waals surface area contributed by atoms with Gasteiger partial charge in [0.05, 0.1) is 6.61 Å². The summed E-state index contributed by atoms with van der Waals surface area (Å²) in [6.45, 7) is -0.341. The van der Waals surface area contributed by atoms with Crippen molar-refractivity contribution in [2.75, 3.05) is 12.3 Å². The van der Waals surface area contributed by atoms with Crippen molar-refractivity contribution in [3.63, 3.8) is 0 Å². The summed E-state index contributed by atoms with van der Waals surface area (Å²) in [5.74, 6) is 0.117. The Kier molecular flexibility index (Phi) is 2.90. The molecular weight excluding hydrogens is 214 g/mol. The molecule has 1 aromatic rings. The maximum absolute atomic E-state index is 11.4. The summed E-state index contributed by atoms with van der Waals surface area (Å²) in [6.07, 6.45) is 0.929. The van der Waals surface area contributed by atoms with E-state index in [1.54, 1.807) is 0 Å². The molecule has 1 aromatic heterocycles. The van der Waals surface area contributed by atoms with Gasteiger partial charge in [-0.3, -0.25) is 4.57 Å². The monoisotopic (exact) mass is 225 g/mol. The van der Waals surface area contributed by atoms with Crippen molar-refractivity contribution in [2.24, 2.45) is 0 Å². The van der Waals surface area contributed by atoms with E-state index in [0.29, 0.717) is 0 Å². The molecule has 1 atom stereocenters. The van der Waals surface area contributed by atoms with Crippen LogP contribution in [0.25, 0.3) is 0 Å². The number of nitrogens with zero attached hydrogens (tertiary/aromatic N) is 2. The van der Waals surface area contributed by atoms with Crippen LogP contribution in [0.3, 0.4) is 0 Å². The minimum absolute atomic E-state index is 0.0128. The minimum atomic E-state index is -0.778. The van der Waals surface area contributed by atoms with Crippen LogP contribution in [0, 0.1) is 12.3 Å². The number of nitrogen functional groups attached to an aromatic ring is 1. The van der Waals surface area contributed by atoms with E-state index in [-0.39, 0.29) is 31.2 Å². The van der Waals surface area contributed by atoms with Crippen LogP contribution in [0.2, 0.25) is 0 Å². The summed E-state index contributed by atoms with van der Waals surface area (Å²) in [5, 5.41) is 18.3. The lowest BCUT2D eigenvalue weighted by Gasteiger charge is -2.12. The van der Waals surface area contributed by atoms with Crippen molar-refractivity contribution in [3.8, 4) is 0 Å². The molecule has 2 heterocycles. The Balaban J connectivity index is 2.23. The van der Waals surface area contributed by atoms with Crippen molar-refractivity contribution < 1.29 is 14.9 Å². The summed E-state index contributed by atoms with van der Waals surface area (Å²) < 4.78 is 6.33. The molecule has 1 aliphatic heterocycles. The molecule has 1 saturated heterocycles. The highest BCUT2D eigenvalue weighted by Gasteiger charge is 2.37. The number of anilines is 1. The Bertz CT molecular complexity index is 433. The summed E-state index contributed by atoms with van der Waals surface area (Å²) in [4.78, 5) is 15.0. The zero-order valence-electron chi connectivity index (χ0n) is 8.33. The highest BCUT2D eigenvalue weighted by Crippen LogP contribution is 2.31. The molecule has 16 heavy (non-hydrogen) atoms. The summed E-state index contributed by atoms with van der Waals surface area (Å²) in [6, 6.07) is 1.45. The number of ether oxygens (including phenoxy) is 1. The fraction of sp³-hybridized carbons (Fsp3) is 0.333. The molecular formula is C9H11N3O4. The van der Waals surface area contributed by atoms with Gasteiger partial charge in [0.1, 0.15) is 18.0 Å². The van der Waals surface area contributed by atoms with E-state index in [4.69, 9.17) is 15.6 Å². The van der Waals surface area contributed by atoms with Crippen LogP contribution in [0.4, 0.5) is 5.82 Å². The zero-order valence-corrected chi connectivity index (χ0v) is 8.33. The first-order chi connectivity index (χ1) is 7.61. The first-order valence-corrected chi connectivity index (χ1v) is 4.65. The van der Waals surface area contributed by atoms with E-state index in [9.17, 15) is 9.90 Å². The average Bonchev–Trinajstić information content (AvgIpc) is 2.59. The summed E-state index contributed by atoms with van der Waals surface area (Å²) >= 11 is 0. The number of rotatable bonds is 2. The van der Waals surface area contributed by atoms with Gasteiger partial charge in [0, 0.05) is 12.6 Å². The third kappa shape index (κ3) is 1.92. The van der Waals surface area contributed by atoms with Crippen molar-refractivity contribution in [1.29, 1.82) is 0 Å². The number of aliphatic hydroxyl groups excluding tert-OH is 2. The van der Waals surface area contributed by atoms with Crippen molar-refractivity contribution in [3.05, 3.63) is 35.1 Å². The van der Waals surface area contributed by atoms with Crippen LogP contribution in [-0.2, 0) is 4.74 Å². The first-order valence-electron chi connectivity index (χ1n) is 4.65. The van der Waals surface area contributed by atoms with Gasteiger partial charge in [0.15, 0.2) is 0 Å². The van der Waals surface area contributed by atoms with E-state index in [1.807, 2.05) is 0 Å². The van der Waals surface area contributed by atoms with Crippen LogP contribution in [0.15, 0.2) is 17.1 Å². The van der Waals surface area contributed by atoms with E-state index in [0.717, 1.165) is 4.57 Å². The smallest absolute Gasteiger partial charge is 0.352 e. The Morgan fingerprint density at radius 2 is 2.44 bits per heavy atom. The Morgan fingerprint density at radius 3 is 3.00 bits per heavy atom. The summed E-state index contributed by atoms with van der Waals surface area (Å²) in [5.41, 5.74) is 4.76. The topological polar surface area (TPSA) is 111 Å². The molecule has 1 aliphatic rings. The molecule has 0 saturated carbocycles. The highest BCUT2D eigenvalue weighted by molar-refractivity contribution is 5.24. The van der Waals surface area contributed by atoms with Crippen LogP contribution in [0.1, 0.15) is 6.42 Å². The number of hydrogen-bond acceptors (Lipinski definition) is 6. The van der Waals surface area contributed by atoms with Crippen molar-refractivity contribution in [2.45, 2.75) is 12.5 Å². The molecule has 0 amide bonds. The maximum atomic E-state index is 11.4. The van der Waals surface area contributed by atoms with E-state index < -0.39 is 11.8 Å². The van der Waals surface area contributed by atoms with Gasteiger partial charge in [-0.05, 0) is 6.07 Å². The minimum Gasteiger partial charge on any atom is -0.394 e. The first kappa shape index (κ1) is 11.1. The quantitative estimate of drug-likeness (QED) is 0.586. The Hall–Kier alpha value is -1.44. The average molecular weight is 225 g/mol. The predicted octanol–water partition coefficient (Wildman–Crippen LogP) is -1.15. The van der Waals surface area contributed by atoms with Gasteiger partial charge in [-0.25, -0.2) is 4.79 Å². The number of nitrogens with two attached hydrogens (primary N) is 1. The second-order valence-electron chi connectivity index (χ2n) is 3.36. The van der Waals surface area contributed by atoms with E-state index >= 15 is 0 Å². The van der Waals surface area contributed by atoms with Crippen molar-refractivity contribution in [1.82, 2.24) is 9.55 Å². The third-order valence-corrected chi connectivity index (χ3v) is 2.24. The van der Waals surface area contributed by atoms with Crippen LogP contribution < -0.4 is 11.4 Å². The predicted molar refractivity (Wildman–Crippen MR) is 53.3 cm³/mol. The SMILES string of the molecule is Nc1ccn([C]2C[C](O)[C@@H](CO)O2)c(=O)n1. The molecule has 7 nitrogen and oxygen atoms in total. The second kappa shape index (κ2) is 4.20. The van der Waals surface area contributed by atoms with E-state index in [2.05, 4.69) is 4.98 Å². The number of aromatic nitrogens is 2. The van der Waals surface area contributed by atoms with Gasteiger partial charge in [-0.1, -0.05) is 0 Å². The van der Waals surface area contributed by atoms with Gasteiger partial charge >= 0.3 is 5.69 Å². The molecule has 2 rings (SSSR count). The molecule has 7 heteroatoms. The van der Waals surface area contributed by atoms with Gasteiger partial charge in [-0.15, -0.1) is 0 Å². The third-order valence-electron chi connectivity index (χ3n) is 2.24. The Morgan fingerprint density at radius 1 is 1.69 bits per heavy atom. The van der Waals surface area contributed by atoms with Gasteiger partial charge in [0.2, 0.25) is 6.23 Å². The number of aliphatic hydroxyl groups is 2. The number of hydrogen-bond donors (Lipinski definition) is 3. The molecule has 0 spiro atoms. The maximum Gasteiger partial charge on any atom is 0.352 e. The fourth-order valence-corrected chi connectivity index (χ4v) is 1.43. The van der Waals surface area contributed by atoms with Crippen LogP contribution >= 0.6 is 0 Å². The summed E-state index contributed by atoms with van der Waals surface area (Å²) in [7, 11) is 0. The van der Waals surface area contributed by atoms with Gasteiger partial charge < -0.3 is 20.7 Å². The Labute approximate surface area is 91.1 Å².